The summed E-state index contributed by atoms with van der Waals surface area (Å²) in [5.41, 5.74) is 5.89. The highest BCUT2D eigenvalue weighted by Crippen LogP contribution is 2.52. The summed E-state index contributed by atoms with van der Waals surface area (Å²) in [6.45, 7) is 0. The Morgan fingerprint density at radius 3 is 2.41 bits per heavy atom. The van der Waals surface area contributed by atoms with Gasteiger partial charge in [-0.05, 0) is 42.2 Å². The van der Waals surface area contributed by atoms with Crippen LogP contribution < -0.4 is 4.90 Å². The summed E-state index contributed by atoms with van der Waals surface area (Å²) in [5, 5.41) is 1.17. The molecular weight excluding hydrogens is 392 g/mol. The molecule has 3 nitrogen and oxygen atoms in total. The fourth-order valence-electron chi connectivity index (χ4n) is 5.51. The smallest absolute Gasteiger partial charge is 0.259 e. The van der Waals surface area contributed by atoms with Crippen LogP contribution in [0.15, 0.2) is 114 Å². The lowest BCUT2D eigenvalue weighted by Gasteiger charge is -2.42. The van der Waals surface area contributed by atoms with E-state index in [9.17, 15) is 4.79 Å². The Balaban J connectivity index is 1.69. The number of anilines is 1. The van der Waals surface area contributed by atoms with Gasteiger partial charge in [0.2, 0.25) is 0 Å². The molecule has 32 heavy (non-hydrogen) atoms. The lowest BCUT2D eigenvalue weighted by molar-refractivity contribution is -0.115. The van der Waals surface area contributed by atoms with Crippen LogP contribution in [0.5, 0.6) is 0 Å². The van der Waals surface area contributed by atoms with E-state index in [1.807, 2.05) is 30.3 Å². The van der Waals surface area contributed by atoms with Gasteiger partial charge in [0, 0.05) is 40.3 Å². The van der Waals surface area contributed by atoms with E-state index in [1.165, 1.54) is 16.5 Å². The van der Waals surface area contributed by atoms with E-state index in [0.29, 0.717) is 0 Å². The number of benzene rings is 3. The quantitative estimate of drug-likeness (QED) is 0.416. The predicted molar refractivity (Wildman–Crippen MR) is 129 cm³/mol. The molecule has 1 aliphatic carbocycles. The van der Waals surface area contributed by atoms with E-state index >= 15 is 0 Å². The lowest BCUT2D eigenvalue weighted by atomic mass is 9.74. The van der Waals surface area contributed by atoms with E-state index in [1.54, 1.807) is 0 Å². The average molecular weight is 417 g/mol. The van der Waals surface area contributed by atoms with Crippen LogP contribution in [0.3, 0.4) is 0 Å². The number of nitrogens with one attached hydrogen (secondary N) is 1. The number of amides is 1. The Kier molecular flexibility index (Phi) is 4.36. The number of aromatic amines is 1. The number of aromatic nitrogens is 1. The minimum atomic E-state index is -0.584. The molecule has 2 aliphatic rings. The number of rotatable bonds is 4. The van der Waals surface area contributed by atoms with Gasteiger partial charge in [0.05, 0.1) is 0 Å². The largest absolute Gasteiger partial charge is 0.361 e. The van der Waals surface area contributed by atoms with Crippen molar-refractivity contribution in [3.63, 3.8) is 0 Å². The minimum Gasteiger partial charge on any atom is -0.361 e. The van der Waals surface area contributed by atoms with Crippen molar-refractivity contribution in [3.05, 3.63) is 126 Å². The van der Waals surface area contributed by atoms with Crippen LogP contribution in [-0.4, -0.2) is 10.9 Å². The molecule has 0 spiro atoms. The molecule has 0 bridgehead atoms. The van der Waals surface area contributed by atoms with Gasteiger partial charge < -0.3 is 4.98 Å². The van der Waals surface area contributed by atoms with E-state index in [-0.39, 0.29) is 5.91 Å². The first-order chi connectivity index (χ1) is 15.8. The summed E-state index contributed by atoms with van der Waals surface area (Å²) < 4.78 is 0. The Morgan fingerprint density at radius 2 is 1.59 bits per heavy atom. The zero-order valence-electron chi connectivity index (χ0n) is 17.8. The summed E-state index contributed by atoms with van der Waals surface area (Å²) in [7, 11) is 0. The number of carbonyl (C=O) groups excluding carboxylic acids is 1. The number of allylic oxidation sites excluding steroid dienone is 1. The number of carbonyl (C=O) groups is 1. The first kappa shape index (κ1) is 18.9. The lowest BCUT2D eigenvalue weighted by Crippen LogP contribution is -2.48. The second-order valence-corrected chi connectivity index (χ2v) is 8.58. The van der Waals surface area contributed by atoms with Gasteiger partial charge in [-0.25, -0.2) is 0 Å². The van der Waals surface area contributed by atoms with Gasteiger partial charge in [0.15, 0.2) is 0 Å². The second-order valence-electron chi connectivity index (χ2n) is 8.58. The van der Waals surface area contributed by atoms with Gasteiger partial charge in [0.25, 0.3) is 5.91 Å². The minimum absolute atomic E-state index is 0.0864. The highest BCUT2D eigenvalue weighted by molar-refractivity contribution is 6.14. The molecular formula is C29H24N2O. The molecule has 0 saturated heterocycles. The molecule has 1 aromatic heterocycles. The van der Waals surface area contributed by atoms with Crippen molar-refractivity contribution in [3.8, 4) is 0 Å². The van der Waals surface area contributed by atoms with Crippen LogP contribution in [0.2, 0.25) is 0 Å². The van der Waals surface area contributed by atoms with Crippen molar-refractivity contribution in [2.45, 2.75) is 24.8 Å². The summed E-state index contributed by atoms with van der Waals surface area (Å²) in [5.74, 6) is 0.0864. The maximum atomic E-state index is 14.0. The number of hydrogen-bond donors (Lipinski definition) is 1. The van der Waals surface area contributed by atoms with Crippen molar-refractivity contribution in [2.75, 3.05) is 4.90 Å². The molecule has 0 fully saturated rings. The van der Waals surface area contributed by atoms with Crippen LogP contribution in [-0.2, 0) is 16.8 Å². The standard InChI is InChI=1S/C29H24N2O/c32-28-24-16-7-9-17-25(24)29(19-21-11-3-1-4-12-21,31(28)22-13-5-2-6-14-22)26-20-30-27-18-10-8-15-23(26)27/h1-8,10-16,18,20,30H,9,17,19H2. The van der Waals surface area contributed by atoms with E-state index in [4.69, 9.17) is 0 Å². The molecule has 156 valence electrons. The summed E-state index contributed by atoms with van der Waals surface area (Å²) >= 11 is 0. The summed E-state index contributed by atoms with van der Waals surface area (Å²) in [6.07, 6.45) is 8.85. The van der Waals surface area contributed by atoms with E-state index in [0.717, 1.165) is 41.6 Å². The van der Waals surface area contributed by atoms with Crippen LogP contribution in [0, 0.1) is 0 Å². The van der Waals surface area contributed by atoms with Crippen molar-refractivity contribution >= 4 is 22.5 Å². The van der Waals surface area contributed by atoms with Crippen LogP contribution in [0.4, 0.5) is 5.69 Å². The third-order valence-corrected chi connectivity index (χ3v) is 6.84. The first-order valence-corrected chi connectivity index (χ1v) is 11.2. The summed E-state index contributed by atoms with van der Waals surface area (Å²) in [6, 6.07) is 29.1. The highest BCUT2D eigenvalue weighted by atomic mass is 16.2. The molecule has 1 unspecified atom stereocenters. The Labute approximate surface area is 187 Å². The zero-order valence-corrected chi connectivity index (χ0v) is 17.8. The van der Waals surface area contributed by atoms with Gasteiger partial charge in [-0.2, -0.15) is 0 Å². The topological polar surface area (TPSA) is 36.1 Å². The number of para-hydroxylation sites is 2. The van der Waals surface area contributed by atoms with Gasteiger partial charge in [-0.1, -0.05) is 78.9 Å². The van der Waals surface area contributed by atoms with Crippen LogP contribution >= 0.6 is 0 Å². The number of hydrogen-bond acceptors (Lipinski definition) is 1. The van der Waals surface area contributed by atoms with Crippen LogP contribution in [0.1, 0.15) is 24.0 Å². The molecule has 1 atom stereocenters. The number of H-pyrrole nitrogens is 1. The van der Waals surface area contributed by atoms with Crippen molar-refractivity contribution in [1.29, 1.82) is 0 Å². The number of fused-ring (bicyclic) bond motifs is 1. The van der Waals surface area contributed by atoms with Crippen molar-refractivity contribution < 1.29 is 4.79 Å². The normalized spacial score (nSPS) is 20.2. The number of nitrogens with zero attached hydrogens (tertiary/aromatic N) is 1. The monoisotopic (exact) mass is 416 g/mol. The second kappa shape index (κ2) is 7.38. The molecule has 0 saturated carbocycles. The van der Waals surface area contributed by atoms with E-state index in [2.05, 4.69) is 82.8 Å². The first-order valence-electron chi connectivity index (χ1n) is 11.2. The molecule has 1 aliphatic heterocycles. The van der Waals surface area contributed by atoms with Gasteiger partial charge >= 0.3 is 0 Å². The average Bonchev–Trinajstić information content (AvgIpc) is 3.39. The van der Waals surface area contributed by atoms with Crippen LogP contribution in [0.25, 0.3) is 10.9 Å². The maximum Gasteiger partial charge on any atom is 0.259 e. The summed E-state index contributed by atoms with van der Waals surface area (Å²) in [4.78, 5) is 19.5. The van der Waals surface area contributed by atoms with Gasteiger partial charge in [-0.15, -0.1) is 0 Å². The molecule has 6 rings (SSSR count). The molecule has 3 heteroatoms. The van der Waals surface area contributed by atoms with Crippen molar-refractivity contribution in [1.82, 2.24) is 4.98 Å². The highest BCUT2D eigenvalue weighted by Gasteiger charge is 2.53. The molecule has 1 amide bonds. The Hall–Kier alpha value is -3.85. The molecule has 1 N–H and O–H groups in total. The third-order valence-electron chi connectivity index (χ3n) is 6.84. The SMILES string of the molecule is O=C1C2=C(CCC=C2)C(Cc2ccccc2)(c2c[nH]c3ccccc23)N1c1ccccc1. The molecule has 2 heterocycles. The van der Waals surface area contributed by atoms with Gasteiger partial charge in [0.1, 0.15) is 5.54 Å². The fourth-order valence-corrected chi connectivity index (χ4v) is 5.51. The maximum absolute atomic E-state index is 14.0. The van der Waals surface area contributed by atoms with E-state index < -0.39 is 5.54 Å². The third kappa shape index (κ3) is 2.71. The molecule has 3 aromatic carbocycles. The predicted octanol–water partition coefficient (Wildman–Crippen LogP) is 6.30. The molecule has 0 radical (unpaired) electrons. The molecule has 4 aromatic rings. The van der Waals surface area contributed by atoms with Crippen molar-refractivity contribution in [2.24, 2.45) is 0 Å². The Bertz CT molecular complexity index is 1360. The fraction of sp³-hybridized carbons (Fsp3) is 0.138. The Morgan fingerprint density at radius 1 is 0.875 bits per heavy atom. The van der Waals surface area contributed by atoms with Gasteiger partial charge in [-0.3, -0.25) is 9.69 Å². The zero-order chi connectivity index (χ0) is 21.5.